The Morgan fingerprint density at radius 3 is 2.71 bits per heavy atom. The number of carbonyl (C=O) groups is 2. The normalized spacial score (nSPS) is 19.5. The number of rotatable bonds is 3. The molecular formula is C11H20N2O4. The van der Waals surface area contributed by atoms with Crippen LogP contribution in [0.1, 0.15) is 33.1 Å². The van der Waals surface area contributed by atoms with Crippen molar-refractivity contribution in [3.05, 3.63) is 0 Å². The largest absolute Gasteiger partial charge is 0.479 e. The standard InChI is InChI=1S/C11H20N2O4/c1-11(2)4-3-6-13(7-5-11)10(16)12-17-8-9(14)15/h3-8H2,1-2H3,(H,12,16)(H,14,15). The fraction of sp³-hybridized carbons (Fsp3) is 0.818. The third-order valence-corrected chi connectivity index (χ3v) is 2.98. The summed E-state index contributed by atoms with van der Waals surface area (Å²) in [6.45, 7) is 5.22. The molecule has 0 aromatic carbocycles. The van der Waals surface area contributed by atoms with Gasteiger partial charge in [-0.15, -0.1) is 0 Å². The summed E-state index contributed by atoms with van der Waals surface area (Å²) in [6, 6.07) is -0.357. The van der Waals surface area contributed by atoms with Gasteiger partial charge in [0.25, 0.3) is 0 Å². The van der Waals surface area contributed by atoms with Crippen LogP contribution in [0.3, 0.4) is 0 Å². The van der Waals surface area contributed by atoms with Gasteiger partial charge in [0.1, 0.15) is 0 Å². The molecule has 0 saturated carbocycles. The Hall–Kier alpha value is -1.30. The molecule has 0 aromatic heterocycles. The number of hydrogen-bond acceptors (Lipinski definition) is 3. The van der Waals surface area contributed by atoms with E-state index in [1.54, 1.807) is 4.90 Å². The molecule has 0 unspecified atom stereocenters. The van der Waals surface area contributed by atoms with Crippen molar-refractivity contribution in [1.82, 2.24) is 10.4 Å². The summed E-state index contributed by atoms with van der Waals surface area (Å²) in [7, 11) is 0. The molecule has 0 aromatic rings. The number of hydrogen-bond donors (Lipinski definition) is 2. The molecule has 2 N–H and O–H groups in total. The number of hydroxylamine groups is 1. The minimum absolute atomic E-state index is 0.261. The molecule has 17 heavy (non-hydrogen) atoms. The average Bonchev–Trinajstić information content (AvgIpc) is 2.38. The number of likely N-dealkylation sites (tertiary alicyclic amines) is 1. The van der Waals surface area contributed by atoms with Gasteiger partial charge in [0, 0.05) is 13.1 Å². The van der Waals surface area contributed by atoms with Crippen LogP contribution < -0.4 is 5.48 Å². The van der Waals surface area contributed by atoms with Gasteiger partial charge in [-0.05, 0) is 24.7 Å². The lowest BCUT2D eigenvalue weighted by Gasteiger charge is -2.23. The van der Waals surface area contributed by atoms with E-state index in [1.807, 2.05) is 0 Å². The molecular weight excluding hydrogens is 224 g/mol. The van der Waals surface area contributed by atoms with Crippen molar-refractivity contribution in [3.63, 3.8) is 0 Å². The van der Waals surface area contributed by atoms with Crippen LogP contribution >= 0.6 is 0 Å². The number of aliphatic carboxylic acids is 1. The predicted molar refractivity (Wildman–Crippen MR) is 61.3 cm³/mol. The second-order valence-electron chi connectivity index (χ2n) is 5.09. The van der Waals surface area contributed by atoms with Crippen LogP contribution in [-0.4, -0.2) is 41.7 Å². The molecule has 0 spiro atoms. The number of nitrogens with one attached hydrogen (secondary N) is 1. The van der Waals surface area contributed by atoms with Gasteiger partial charge in [-0.3, -0.25) is 4.84 Å². The number of nitrogens with zero attached hydrogens (tertiary/aromatic N) is 1. The number of carboxylic acids is 1. The minimum Gasteiger partial charge on any atom is -0.479 e. The molecule has 1 saturated heterocycles. The van der Waals surface area contributed by atoms with Gasteiger partial charge in [0.05, 0.1) is 0 Å². The van der Waals surface area contributed by atoms with Gasteiger partial charge in [-0.1, -0.05) is 13.8 Å². The Labute approximate surface area is 101 Å². The molecule has 1 aliphatic heterocycles. The SMILES string of the molecule is CC1(C)CCCN(C(=O)NOCC(=O)O)CC1. The lowest BCUT2D eigenvalue weighted by molar-refractivity contribution is -0.144. The van der Waals surface area contributed by atoms with E-state index in [-0.39, 0.29) is 11.4 Å². The van der Waals surface area contributed by atoms with Crippen LogP contribution in [0, 0.1) is 5.41 Å². The average molecular weight is 244 g/mol. The van der Waals surface area contributed by atoms with Crippen LogP contribution in [0.15, 0.2) is 0 Å². The number of urea groups is 1. The van der Waals surface area contributed by atoms with Gasteiger partial charge >= 0.3 is 12.0 Å². The highest BCUT2D eigenvalue weighted by molar-refractivity contribution is 5.73. The molecule has 1 heterocycles. The summed E-state index contributed by atoms with van der Waals surface area (Å²) in [5.41, 5.74) is 2.41. The van der Waals surface area contributed by atoms with Gasteiger partial charge in [0.15, 0.2) is 6.61 Å². The van der Waals surface area contributed by atoms with Crippen LogP contribution in [0.25, 0.3) is 0 Å². The highest BCUT2D eigenvalue weighted by Crippen LogP contribution is 2.29. The first-order valence-corrected chi connectivity index (χ1v) is 5.79. The lowest BCUT2D eigenvalue weighted by Crippen LogP contribution is -2.41. The fourth-order valence-corrected chi connectivity index (χ4v) is 1.85. The molecule has 1 fully saturated rings. The third kappa shape index (κ3) is 5.04. The van der Waals surface area contributed by atoms with E-state index in [2.05, 4.69) is 24.2 Å². The molecule has 1 aliphatic rings. The zero-order valence-corrected chi connectivity index (χ0v) is 10.4. The van der Waals surface area contributed by atoms with Crippen LogP contribution in [0.2, 0.25) is 0 Å². The van der Waals surface area contributed by atoms with Crippen molar-refractivity contribution in [1.29, 1.82) is 0 Å². The molecule has 0 radical (unpaired) electrons. The topological polar surface area (TPSA) is 78.9 Å². The number of carboxylic acid groups (broad SMARTS) is 1. The summed E-state index contributed by atoms with van der Waals surface area (Å²) < 4.78 is 0. The van der Waals surface area contributed by atoms with E-state index in [0.717, 1.165) is 19.3 Å². The second kappa shape index (κ2) is 5.86. The Kier molecular flexibility index (Phi) is 4.74. The lowest BCUT2D eigenvalue weighted by atomic mass is 9.85. The third-order valence-electron chi connectivity index (χ3n) is 2.98. The van der Waals surface area contributed by atoms with Crippen LogP contribution in [-0.2, 0) is 9.63 Å². The van der Waals surface area contributed by atoms with Crippen LogP contribution in [0.4, 0.5) is 4.79 Å². The predicted octanol–water partition coefficient (Wildman–Crippen LogP) is 1.22. The maximum absolute atomic E-state index is 11.6. The zero-order valence-electron chi connectivity index (χ0n) is 10.4. The first kappa shape index (κ1) is 13.8. The smallest absolute Gasteiger partial charge is 0.341 e. The highest BCUT2D eigenvalue weighted by atomic mass is 16.7. The summed E-state index contributed by atoms with van der Waals surface area (Å²) >= 11 is 0. The maximum atomic E-state index is 11.6. The summed E-state index contributed by atoms with van der Waals surface area (Å²) in [4.78, 5) is 28.1. The molecule has 2 amide bonds. The van der Waals surface area contributed by atoms with Gasteiger partial charge < -0.3 is 10.0 Å². The van der Waals surface area contributed by atoms with Gasteiger partial charge in [0.2, 0.25) is 0 Å². The minimum atomic E-state index is -1.11. The second-order valence-corrected chi connectivity index (χ2v) is 5.09. The maximum Gasteiger partial charge on any atom is 0.341 e. The van der Waals surface area contributed by atoms with Crippen molar-refractivity contribution >= 4 is 12.0 Å². The molecule has 6 nitrogen and oxygen atoms in total. The highest BCUT2D eigenvalue weighted by Gasteiger charge is 2.25. The fourth-order valence-electron chi connectivity index (χ4n) is 1.85. The van der Waals surface area contributed by atoms with E-state index in [0.29, 0.717) is 13.1 Å². The van der Waals surface area contributed by atoms with Crippen molar-refractivity contribution in [3.8, 4) is 0 Å². The Morgan fingerprint density at radius 2 is 2.06 bits per heavy atom. The van der Waals surface area contributed by atoms with E-state index < -0.39 is 12.6 Å². The Bertz CT molecular complexity index is 291. The summed E-state index contributed by atoms with van der Waals surface area (Å²) in [5.74, 6) is -1.11. The van der Waals surface area contributed by atoms with Crippen molar-refractivity contribution < 1.29 is 19.5 Å². The molecule has 98 valence electrons. The molecule has 0 bridgehead atoms. The first-order chi connectivity index (χ1) is 7.91. The van der Waals surface area contributed by atoms with E-state index >= 15 is 0 Å². The first-order valence-electron chi connectivity index (χ1n) is 5.79. The quantitative estimate of drug-likeness (QED) is 0.732. The van der Waals surface area contributed by atoms with Crippen molar-refractivity contribution in [2.24, 2.45) is 5.41 Å². The van der Waals surface area contributed by atoms with E-state index in [9.17, 15) is 9.59 Å². The molecule has 0 atom stereocenters. The molecule has 0 aliphatic carbocycles. The van der Waals surface area contributed by atoms with E-state index in [1.165, 1.54) is 0 Å². The monoisotopic (exact) mass is 244 g/mol. The summed E-state index contributed by atoms with van der Waals surface area (Å²) in [5, 5.41) is 8.36. The van der Waals surface area contributed by atoms with Gasteiger partial charge in [-0.25, -0.2) is 15.1 Å². The van der Waals surface area contributed by atoms with Gasteiger partial charge in [-0.2, -0.15) is 0 Å². The van der Waals surface area contributed by atoms with Crippen LogP contribution in [0.5, 0.6) is 0 Å². The molecule has 1 rings (SSSR count). The Morgan fingerprint density at radius 1 is 1.35 bits per heavy atom. The summed E-state index contributed by atoms with van der Waals surface area (Å²) in [6.07, 6.45) is 2.99. The van der Waals surface area contributed by atoms with E-state index in [4.69, 9.17) is 5.11 Å². The zero-order chi connectivity index (χ0) is 12.9. The number of amides is 2. The number of carbonyl (C=O) groups excluding carboxylic acids is 1. The molecule has 6 heteroatoms. The van der Waals surface area contributed by atoms with Crippen molar-refractivity contribution in [2.45, 2.75) is 33.1 Å². The van der Waals surface area contributed by atoms with Crippen molar-refractivity contribution in [2.75, 3.05) is 19.7 Å². The Balaban J connectivity index is 2.34.